The molecule has 0 saturated carbocycles. The Morgan fingerprint density at radius 2 is 1.62 bits per heavy atom. The molecule has 0 N–H and O–H groups in total. The number of fused-ring (bicyclic) bond motifs is 1. The van der Waals surface area contributed by atoms with Gasteiger partial charge in [-0.05, 0) is 48.5 Å². The highest BCUT2D eigenvalue weighted by atomic mass is 19.4. The first-order chi connectivity index (χ1) is 20.1. The summed E-state index contributed by atoms with van der Waals surface area (Å²) in [5.74, 6) is -0.128. The number of para-hydroxylation sites is 1. The van der Waals surface area contributed by atoms with Crippen LogP contribution in [0, 0.1) is 5.82 Å². The summed E-state index contributed by atoms with van der Waals surface area (Å²) < 4.78 is 72.5. The fourth-order valence-corrected chi connectivity index (χ4v) is 5.30. The Balaban J connectivity index is 1.60. The molecule has 1 unspecified atom stereocenters. The standard InChI is InChI=1S/C30H30F4N4O4/c1-40-21-10-8-20(9-11-21)36-13-15-37(16-14-36)29-35-28-22(5-4-6-23(28)31)24(18-27(39)42-3)38(29)25-17-19(30(32,33)34)7-12-26(25)41-2/h4-12,17,24H,13-16,18H2,1-3H3. The fraction of sp³-hybridized carbons (Fsp3) is 0.333. The van der Waals surface area contributed by atoms with Crippen molar-refractivity contribution in [2.24, 2.45) is 4.99 Å². The molecule has 2 heterocycles. The smallest absolute Gasteiger partial charge is 0.416 e. The van der Waals surface area contributed by atoms with Gasteiger partial charge in [0.05, 0.1) is 45.0 Å². The van der Waals surface area contributed by atoms with Crippen molar-refractivity contribution in [3.8, 4) is 11.5 Å². The minimum Gasteiger partial charge on any atom is -0.497 e. The molecule has 222 valence electrons. The Morgan fingerprint density at radius 1 is 0.929 bits per heavy atom. The number of hydrogen-bond donors (Lipinski definition) is 0. The number of anilines is 2. The quantitative estimate of drug-likeness (QED) is 0.267. The summed E-state index contributed by atoms with van der Waals surface area (Å²) in [5, 5.41) is 0. The highest BCUT2D eigenvalue weighted by molar-refractivity contribution is 6.02. The number of esters is 1. The lowest BCUT2D eigenvalue weighted by molar-refractivity contribution is -0.141. The zero-order chi connectivity index (χ0) is 30.0. The number of guanidine groups is 1. The SMILES string of the molecule is COC(=O)CC1c2cccc(F)c2N=C(N2CCN(c3ccc(OC)cc3)CC2)N1c1cc(C(F)(F)F)ccc1OC. The number of piperazine rings is 1. The van der Waals surface area contributed by atoms with Gasteiger partial charge in [0.2, 0.25) is 5.96 Å². The number of aliphatic imine (C=N–C) groups is 1. The van der Waals surface area contributed by atoms with E-state index in [0.29, 0.717) is 31.7 Å². The van der Waals surface area contributed by atoms with Crippen molar-refractivity contribution in [1.29, 1.82) is 0 Å². The van der Waals surface area contributed by atoms with Gasteiger partial charge in [0.15, 0.2) is 0 Å². The topological polar surface area (TPSA) is 66.8 Å². The van der Waals surface area contributed by atoms with E-state index < -0.39 is 29.6 Å². The van der Waals surface area contributed by atoms with Gasteiger partial charge in [-0.25, -0.2) is 9.38 Å². The first kappa shape index (κ1) is 29.0. The highest BCUT2D eigenvalue weighted by Gasteiger charge is 2.40. The molecule has 12 heteroatoms. The first-order valence-corrected chi connectivity index (χ1v) is 13.3. The minimum absolute atomic E-state index is 0.0289. The average molecular weight is 587 g/mol. The number of alkyl halides is 3. The number of carbonyl (C=O) groups excluding carboxylic acids is 1. The number of nitrogens with zero attached hydrogens (tertiary/aromatic N) is 4. The molecular formula is C30H30F4N4O4. The molecule has 5 rings (SSSR count). The monoisotopic (exact) mass is 586 g/mol. The van der Waals surface area contributed by atoms with Crippen LogP contribution >= 0.6 is 0 Å². The molecule has 0 bridgehead atoms. The number of rotatable bonds is 6. The van der Waals surface area contributed by atoms with Crippen LogP contribution in [0.2, 0.25) is 0 Å². The molecular weight excluding hydrogens is 556 g/mol. The van der Waals surface area contributed by atoms with Gasteiger partial charge in [-0.3, -0.25) is 4.79 Å². The van der Waals surface area contributed by atoms with Crippen LogP contribution in [0.3, 0.4) is 0 Å². The van der Waals surface area contributed by atoms with Gasteiger partial charge in [-0.1, -0.05) is 12.1 Å². The van der Waals surface area contributed by atoms with E-state index in [0.717, 1.165) is 23.6 Å². The second-order valence-corrected chi connectivity index (χ2v) is 9.81. The van der Waals surface area contributed by atoms with Gasteiger partial charge in [0.1, 0.15) is 23.0 Å². The normalized spacial score (nSPS) is 17.0. The van der Waals surface area contributed by atoms with Crippen LogP contribution in [0.25, 0.3) is 0 Å². The van der Waals surface area contributed by atoms with Crippen LogP contribution in [0.4, 0.5) is 34.6 Å². The van der Waals surface area contributed by atoms with E-state index in [1.807, 2.05) is 29.2 Å². The Hall–Kier alpha value is -4.48. The third-order valence-corrected chi connectivity index (χ3v) is 7.47. The van der Waals surface area contributed by atoms with Crippen molar-refractivity contribution in [2.45, 2.75) is 18.6 Å². The lowest BCUT2D eigenvalue weighted by Crippen LogP contribution is -2.55. The van der Waals surface area contributed by atoms with E-state index in [9.17, 15) is 18.0 Å². The third-order valence-electron chi connectivity index (χ3n) is 7.47. The van der Waals surface area contributed by atoms with Crippen molar-refractivity contribution in [3.63, 3.8) is 0 Å². The number of benzene rings is 3. The Morgan fingerprint density at radius 3 is 2.24 bits per heavy atom. The van der Waals surface area contributed by atoms with Crippen LogP contribution in [0.1, 0.15) is 23.6 Å². The predicted molar refractivity (Wildman–Crippen MR) is 150 cm³/mol. The molecule has 2 aliphatic heterocycles. The van der Waals surface area contributed by atoms with E-state index >= 15 is 4.39 Å². The molecule has 0 aliphatic carbocycles. The van der Waals surface area contributed by atoms with Gasteiger partial charge in [-0.15, -0.1) is 0 Å². The van der Waals surface area contributed by atoms with Gasteiger partial charge in [-0.2, -0.15) is 13.2 Å². The summed E-state index contributed by atoms with van der Waals surface area (Å²) in [6.07, 6.45) is -4.91. The van der Waals surface area contributed by atoms with Crippen LogP contribution in [-0.2, 0) is 15.7 Å². The molecule has 3 aromatic rings. The van der Waals surface area contributed by atoms with Crippen LogP contribution < -0.4 is 19.3 Å². The maximum Gasteiger partial charge on any atom is 0.416 e. The number of hydrogen-bond acceptors (Lipinski definition) is 8. The summed E-state index contributed by atoms with van der Waals surface area (Å²) in [6, 6.07) is 14.2. The maximum absolute atomic E-state index is 15.2. The molecule has 0 aromatic heterocycles. The zero-order valence-corrected chi connectivity index (χ0v) is 23.3. The van der Waals surface area contributed by atoms with Crippen LogP contribution in [0.15, 0.2) is 65.7 Å². The summed E-state index contributed by atoms with van der Waals surface area (Å²) in [4.78, 5) is 22.9. The van der Waals surface area contributed by atoms with Crippen molar-refractivity contribution >= 4 is 29.0 Å². The first-order valence-electron chi connectivity index (χ1n) is 13.3. The zero-order valence-electron chi connectivity index (χ0n) is 23.3. The second kappa shape index (κ2) is 11.8. The van der Waals surface area contributed by atoms with Crippen molar-refractivity contribution in [3.05, 3.63) is 77.6 Å². The van der Waals surface area contributed by atoms with E-state index in [2.05, 4.69) is 9.89 Å². The second-order valence-electron chi connectivity index (χ2n) is 9.81. The lowest BCUT2D eigenvalue weighted by atomic mass is 9.96. The largest absolute Gasteiger partial charge is 0.497 e. The number of halogens is 4. The fourth-order valence-electron chi connectivity index (χ4n) is 5.30. The van der Waals surface area contributed by atoms with Gasteiger partial charge >= 0.3 is 12.1 Å². The number of carbonyl (C=O) groups is 1. The molecule has 1 atom stereocenters. The number of methoxy groups -OCH3 is 3. The van der Waals surface area contributed by atoms with E-state index in [4.69, 9.17) is 14.2 Å². The summed E-state index contributed by atoms with van der Waals surface area (Å²) in [6.45, 7) is 1.98. The Bertz CT molecular complexity index is 1470. The van der Waals surface area contributed by atoms with E-state index in [1.165, 1.54) is 37.3 Å². The summed E-state index contributed by atoms with van der Waals surface area (Å²) in [7, 11) is 4.17. The predicted octanol–water partition coefficient (Wildman–Crippen LogP) is 5.80. The Kier molecular flexibility index (Phi) is 8.15. The van der Waals surface area contributed by atoms with Crippen LogP contribution in [-0.4, -0.2) is 64.3 Å². The molecule has 2 aliphatic rings. The van der Waals surface area contributed by atoms with E-state index in [1.54, 1.807) is 13.2 Å². The third kappa shape index (κ3) is 5.65. The molecule has 42 heavy (non-hydrogen) atoms. The number of ether oxygens (including phenoxy) is 3. The lowest BCUT2D eigenvalue weighted by Gasteiger charge is -2.45. The van der Waals surface area contributed by atoms with Gasteiger partial charge in [0.25, 0.3) is 0 Å². The average Bonchev–Trinajstić information content (AvgIpc) is 3.00. The molecule has 1 saturated heterocycles. The minimum atomic E-state index is -4.64. The van der Waals surface area contributed by atoms with Gasteiger partial charge in [0, 0.05) is 37.4 Å². The van der Waals surface area contributed by atoms with Crippen LogP contribution in [0.5, 0.6) is 11.5 Å². The molecule has 1 fully saturated rings. The molecule has 0 radical (unpaired) electrons. The van der Waals surface area contributed by atoms with Crippen molar-refractivity contribution < 1.29 is 36.6 Å². The highest BCUT2D eigenvalue weighted by Crippen LogP contribution is 2.46. The van der Waals surface area contributed by atoms with Crippen molar-refractivity contribution in [1.82, 2.24) is 4.90 Å². The molecule has 0 amide bonds. The molecule has 0 spiro atoms. The molecule has 3 aromatic carbocycles. The molecule has 8 nitrogen and oxygen atoms in total. The van der Waals surface area contributed by atoms with Gasteiger partial charge < -0.3 is 28.9 Å². The Labute approximate surface area is 240 Å². The van der Waals surface area contributed by atoms with Crippen molar-refractivity contribution in [2.75, 3.05) is 57.3 Å². The summed E-state index contributed by atoms with van der Waals surface area (Å²) in [5.41, 5.74) is 0.510. The van der Waals surface area contributed by atoms with E-state index in [-0.39, 0.29) is 29.5 Å². The maximum atomic E-state index is 15.2. The summed E-state index contributed by atoms with van der Waals surface area (Å²) >= 11 is 0.